The van der Waals surface area contributed by atoms with Crippen LogP contribution >= 0.6 is 71.6 Å². The van der Waals surface area contributed by atoms with E-state index in [4.69, 9.17) is 17.0 Å². The zero-order chi connectivity index (χ0) is 29.4. The zero-order valence-electron chi connectivity index (χ0n) is 23.3. The van der Waals surface area contributed by atoms with Gasteiger partial charge in [0.25, 0.3) is 0 Å². The molecular formula is C32H30Br2Cl2S2SiZr. The summed E-state index contributed by atoms with van der Waals surface area (Å²) in [5, 5.41) is 5.25. The van der Waals surface area contributed by atoms with Crippen LogP contribution in [0.1, 0.15) is 20.9 Å². The number of hydrogen-bond donors (Lipinski definition) is 0. The summed E-state index contributed by atoms with van der Waals surface area (Å²) < 4.78 is 2.37. The van der Waals surface area contributed by atoms with Gasteiger partial charge in [0.1, 0.15) is 0 Å². The van der Waals surface area contributed by atoms with E-state index < -0.39 is 20.8 Å². The minimum atomic E-state index is -0.826. The molecule has 4 aromatic carbocycles. The summed E-state index contributed by atoms with van der Waals surface area (Å²) in [6.07, 6.45) is 0. The first-order chi connectivity index (χ1) is 19.1. The van der Waals surface area contributed by atoms with Crippen molar-refractivity contribution in [2.45, 2.75) is 40.8 Å². The normalized spacial score (nSPS) is 10.2. The molecule has 2 heterocycles. The van der Waals surface area contributed by atoms with Crippen molar-refractivity contribution >= 4 is 103 Å². The van der Waals surface area contributed by atoms with Gasteiger partial charge >= 0.3 is 37.9 Å². The van der Waals surface area contributed by atoms with Crippen LogP contribution in [0, 0.1) is 27.7 Å². The molecule has 0 nitrogen and oxygen atoms in total. The predicted octanol–water partition coefficient (Wildman–Crippen LogP) is 13.5. The first-order valence-corrected chi connectivity index (χ1v) is 24.1. The van der Waals surface area contributed by atoms with Crippen LogP contribution < -0.4 is 0 Å². The Morgan fingerprint density at radius 1 is 0.650 bits per heavy atom. The molecule has 0 unspecified atom stereocenters. The third kappa shape index (κ3) is 9.35. The molecule has 0 saturated carbocycles. The number of halogens is 4. The summed E-state index contributed by atoms with van der Waals surface area (Å²) in [5.74, 6) is 0. The minimum absolute atomic E-state index is 0.826. The van der Waals surface area contributed by atoms with Gasteiger partial charge in [0.15, 0.2) is 0 Å². The van der Waals surface area contributed by atoms with E-state index in [1.807, 2.05) is 22.7 Å². The number of aryl methyl sites for hydroxylation is 4. The Balaban J connectivity index is 0.000000185. The van der Waals surface area contributed by atoms with Gasteiger partial charge in [-0.1, -0.05) is 70.9 Å². The molecule has 6 rings (SSSR count). The van der Waals surface area contributed by atoms with Gasteiger partial charge < -0.3 is 0 Å². The molecule has 0 amide bonds. The summed E-state index contributed by atoms with van der Waals surface area (Å²) >= 11 is 10.2. The molecule has 0 aliphatic carbocycles. The third-order valence-corrected chi connectivity index (χ3v) is 9.29. The molecule has 8 heteroatoms. The van der Waals surface area contributed by atoms with Gasteiger partial charge in [-0.15, -0.1) is 79.6 Å². The monoisotopic (exact) mass is 824 g/mol. The summed E-state index contributed by atoms with van der Waals surface area (Å²) in [6.45, 7) is 12.9. The first-order valence-electron chi connectivity index (χ1n) is 12.5. The van der Waals surface area contributed by atoms with Gasteiger partial charge in [0, 0.05) is 29.0 Å². The van der Waals surface area contributed by atoms with Gasteiger partial charge in [-0.3, -0.25) is 0 Å². The van der Waals surface area contributed by atoms with E-state index in [1.165, 1.54) is 72.3 Å². The molecule has 0 fully saturated rings. The van der Waals surface area contributed by atoms with E-state index in [2.05, 4.69) is 145 Å². The molecule has 0 N–H and O–H groups in total. The number of rotatable bonds is 2. The summed E-state index contributed by atoms with van der Waals surface area (Å²) in [6, 6.07) is 26.7. The molecule has 206 valence electrons. The Morgan fingerprint density at radius 2 is 1.00 bits per heavy atom. The van der Waals surface area contributed by atoms with Crippen LogP contribution in [0.5, 0.6) is 0 Å². The molecular weight excluding hydrogens is 799 g/mol. The van der Waals surface area contributed by atoms with Crippen molar-refractivity contribution in [3.63, 3.8) is 0 Å². The van der Waals surface area contributed by atoms with Gasteiger partial charge in [0.05, 0.1) is 0 Å². The van der Waals surface area contributed by atoms with Crippen molar-refractivity contribution in [2.75, 3.05) is 0 Å². The van der Waals surface area contributed by atoms with Crippen LogP contribution in [0.3, 0.4) is 0 Å². The fourth-order valence-electron chi connectivity index (χ4n) is 4.31. The van der Waals surface area contributed by atoms with Gasteiger partial charge in [-0.2, -0.15) is 12.1 Å². The number of thiophene rings is 2. The topological polar surface area (TPSA) is 0 Å². The van der Waals surface area contributed by atoms with Crippen molar-refractivity contribution in [3.05, 3.63) is 103 Å². The Hall–Kier alpha value is -0.300. The maximum atomic E-state index is 4.93. The van der Waals surface area contributed by atoms with Crippen molar-refractivity contribution in [1.29, 1.82) is 0 Å². The summed E-state index contributed by atoms with van der Waals surface area (Å²) in [5.41, 5.74) is 5.24. The van der Waals surface area contributed by atoms with Crippen LogP contribution in [-0.2, 0) is 20.8 Å². The van der Waals surface area contributed by atoms with E-state index in [0.717, 1.165) is 9.52 Å². The first kappa shape index (κ1) is 34.2. The zero-order valence-corrected chi connectivity index (χ0v) is 33.0. The number of benzene rings is 2. The Kier molecular flexibility index (Phi) is 14.1. The molecule has 0 bridgehead atoms. The fourth-order valence-corrected chi connectivity index (χ4v) is 7.20. The second kappa shape index (κ2) is 16.5. The van der Waals surface area contributed by atoms with E-state index >= 15 is 0 Å². The molecule has 0 spiro atoms. The third-order valence-electron chi connectivity index (χ3n) is 5.88. The average molecular weight is 829 g/mol. The van der Waals surface area contributed by atoms with Crippen molar-refractivity contribution in [2.24, 2.45) is 0 Å². The van der Waals surface area contributed by atoms with Crippen LogP contribution in [0.25, 0.3) is 42.4 Å². The van der Waals surface area contributed by atoms with E-state index in [0.29, 0.717) is 0 Å². The second-order valence-electron chi connectivity index (χ2n) is 9.38. The van der Waals surface area contributed by atoms with Gasteiger partial charge in [-0.25, -0.2) is 0 Å². The van der Waals surface area contributed by atoms with Crippen LogP contribution in [0.4, 0.5) is 0 Å². The molecule has 2 aromatic heterocycles. The van der Waals surface area contributed by atoms with Crippen LogP contribution in [0.15, 0.2) is 81.7 Å². The average Bonchev–Trinajstić information content (AvgIpc) is 3.67. The Bertz CT molecular complexity index is 1560. The van der Waals surface area contributed by atoms with E-state index in [1.54, 1.807) is 0 Å². The van der Waals surface area contributed by atoms with Crippen molar-refractivity contribution in [3.8, 4) is 20.9 Å². The molecule has 0 aliphatic rings. The fraction of sp³-hybridized carbons (Fsp3) is 0.188. The molecule has 0 aliphatic heterocycles. The molecule has 6 aromatic rings. The quantitative estimate of drug-likeness (QED) is 0.120. The van der Waals surface area contributed by atoms with Crippen LogP contribution in [-0.4, -0.2) is 9.52 Å². The number of fused-ring (bicyclic) bond motifs is 2. The van der Waals surface area contributed by atoms with E-state index in [-0.39, 0.29) is 0 Å². The Labute approximate surface area is 284 Å². The van der Waals surface area contributed by atoms with Gasteiger partial charge in [0.2, 0.25) is 0 Å². The number of hydrogen-bond acceptors (Lipinski definition) is 2. The van der Waals surface area contributed by atoms with Crippen molar-refractivity contribution < 1.29 is 20.8 Å². The second-order valence-corrected chi connectivity index (χ2v) is 18.4. The summed E-state index contributed by atoms with van der Waals surface area (Å²) in [7, 11) is 11.0. The Morgan fingerprint density at radius 3 is 1.30 bits per heavy atom. The molecule has 0 atom stereocenters. The van der Waals surface area contributed by atoms with E-state index in [9.17, 15) is 0 Å². The van der Waals surface area contributed by atoms with Crippen molar-refractivity contribution in [1.82, 2.24) is 0 Å². The molecule has 40 heavy (non-hydrogen) atoms. The molecule has 0 saturated heterocycles. The van der Waals surface area contributed by atoms with Crippen LogP contribution in [0.2, 0.25) is 13.1 Å². The molecule has 2 radical (unpaired) electrons. The SMILES string of the molecule is C[Si]C.Cc1cc2c(Br)cc(-c3ccc(C)s3)cc2[cH-]1.Cc1cc2c(Br)cc(-c3ccc(C)s3)cc2[cH-]1.[Cl][Zr+2][Cl]. The van der Waals surface area contributed by atoms with Gasteiger partial charge in [-0.05, 0) is 58.2 Å². The standard InChI is InChI=1S/2C15H12BrS.C2H6Si.2ClH.Zr/c2*1-9-5-11-7-12(8-14(16)13(11)6-9)15-4-3-10(2)17-15;1-3-2;;;/h2*3-8H,1-2H3;1-2H3;2*1H;/q2*-1;;;;+4/p-2. The maximum absolute atomic E-state index is 4.93. The summed E-state index contributed by atoms with van der Waals surface area (Å²) in [4.78, 5) is 5.39. The predicted molar refractivity (Wildman–Crippen MR) is 189 cm³/mol.